The SMILES string of the molecule is CC(=O)Nc1nc(C(=O)NNC(=O)c2cccc(S(=O)(=O)Nc3ccccc3Cl)c2)cs1. The fraction of sp³-hybridized carbons (Fsp3) is 0.0526. The number of nitrogens with zero attached hydrogens (tertiary/aromatic N) is 1. The monoisotopic (exact) mass is 493 g/mol. The summed E-state index contributed by atoms with van der Waals surface area (Å²) >= 11 is 7.03. The molecule has 0 bridgehead atoms. The van der Waals surface area contributed by atoms with Crippen molar-refractivity contribution in [2.24, 2.45) is 0 Å². The van der Waals surface area contributed by atoms with Crippen LogP contribution in [0.1, 0.15) is 27.8 Å². The van der Waals surface area contributed by atoms with Crippen LogP contribution in [-0.2, 0) is 14.8 Å². The number of halogens is 1. The van der Waals surface area contributed by atoms with Gasteiger partial charge in [0, 0.05) is 17.9 Å². The van der Waals surface area contributed by atoms with Gasteiger partial charge in [0.15, 0.2) is 5.13 Å². The molecule has 3 rings (SSSR count). The first-order valence-corrected chi connectivity index (χ1v) is 11.6. The van der Waals surface area contributed by atoms with Gasteiger partial charge < -0.3 is 5.32 Å². The average Bonchev–Trinajstić information content (AvgIpc) is 3.21. The maximum absolute atomic E-state index is 12.7. The zero-order chi connectivity index (χ0) is 23.3. The van der Waals surface area contributed by atoms with Crippen LogP contribution in [-0.4, -0.2) is 31.1 Å². The molecule has 0 spiro atoms. The molecule has 0 saturated heterocycles. The number of aromatic nitrogens is 1. The highest BCUT2D eigenvalue weighted by atomic mass is 35.5. The van der Waals surface area contributed by atoms with Gasteiger partial charge in [-0.15, -0.1) is 11.3 Å². The molecule has 1 heterocycles. The fourth-order valence-electron chi connectivity index (χ4n) is 2.39. The Morgan fingerprint density at radius 1 is 1.00 bits per heavy atom. The van der Waals surface area contributed by atoms with Gasteiger partial charge in [0.2, 0.25) is 5.91 Å². The first-order valence-electron chi connectivity index (χ1n) is 8.87. The van der Waals surface area contributed by atoms with Crippen LogP contribution in [0.5, 0.6) is 0 Å². The van der Waals surface area contributed by atoms with Gasteiger partial charge in [-0.2, -0.15) is 0 Å². The zero-order valence-electron chi connectivity index (χ0n) is 16.4. The molecule has 0 radical (unpaired) electrons. The maximum atomic E-state index is 12.7. The minimum atomic E-state index is -4.02. The number of nitrogens with one attached hydrogen (secondary N) is 4. The Kier molecular flexibility index (Phi) is 7.08. The van der Waals surface area contributed by atoms with E-state index in [0.29, 0.717) is 0 Å². The normalized spacial score (nSPS) is 10.8. The van der Waals surface area contributed by atoms with E-state index >= 15 is 0 Å². The third-order valence-electron chi connectivity index (χ3n) is 3.83. The number of benzene rings is 2. The Morgan fingerprint density at radius 3 is 2.44 bits per heavy atom. The lowest BCUT2D eigenvalue weighted by molar-refractivity contribution is -0.114. The third kappa shape index (κ3) is 5.81. The number of carbonyl (C=O) groups excluding carboxylic acids is 3. The van der Waals surface area contributed by atoms with Gasteiger partial charge >= 0.3 is 0 Å². The third-order valence-corrected chi connectivity index (χ3v) is 6.28. The van der Waals surface area contributed by atoms with Gasteiger partial charge in [0.05, 0.1) is 15.6 Å². The number of thiazole rings is 1. The Labute approximate surface area is 192 Å². The lowest BCUT2D eigenvalue weighted by Gasteiger charge is -2.11. The molecule has 32 heavy (non-hydrogen) atoms. The van der Waals surface area contributed by atoms with Crippen molar-refractivity contribution in [2.45, 2.75) is 11.8 Å². The van der Waals surface area contributed by atoms with Gasteiger partial charge in [-0.3, -0.25) is 30.0 Å². The average molecular weight is 494 g/mol. The highest BCUT2D eigenvalue weighted by Gasteiger charge is 2.18. The lowest BCUT2D eigenvalue weighted by atomic mass is 10.2. The summed E-state index contributed by atoms with van der Waals surface area (Å²) in [6, 6.07) is 11.6. The van der Waals surface area contributed by atoms with Crippen molar-refractivity contribution in [2.75, 3.05) is 10.0 Å². The first-order chi connectivity index (χ1) is 15.2. The summed E-state index contributed by atoms with van der Waals surface area (Å²) in [5, 5.41) is 4.30. The van der Waals surface area contributed by atoms with E-state index in [1.807, 2.05) is 0 Å². The first kappa shape index (κ1) is 23.2. The molecule has 0 atom stereocenters. The molecule has 0 unspecified atom stereocenters. The smallest absolute Gasteiger partial charge is 0.289 e. The fourth-order valence-corrected chi connectivity index (χ4v) is 4.49. The van der Waals surface area contributed by atoms with Gasteiger partial charge in [-0.25, -0.2) is 13.4 Å². The summed E-state index contributed by atoms with van der Waals surface area (Å²) in [6.07, 6.45) is 0. The molecule has 3 amide bonds. The second-order valence-corrected chi connectivity index (χ2v) is 9.19. The summed E-state index contributed by atoms with van der Waals surface area (Å²) in [6.45, 7) is 1.31. The van der Waals surface area contributed by atoms with Crippen LogP contribution in [0.4, 0.5) is 10.8 Å². The predicted octanol–water partition coefficient (Wildman–Crippen LogP) is 2.63. The van der Waals surface area contributed by atoms with Crippen molar-refractivity contribution in [3.05, 3.63) is 70.2 Å². The Morgan fingerprint density at radius 2 is 1.72 bits per heavy atom. The molecular weight excluding hydrogens is 478 g/mol. The number of hydrogen-bond acceptors (Lipinski definition) is 7. The van der Waals surface area contributed by atoms with Gasteiger partial charge in [-0.1, -0.05) is 29.8 Å². The van der Waals surface area contributed by atoms with Crippen LogP contribution in [0.2, 0.25) is 5.02 Å². The quantitative estimate of drug-likeness (QED) is 0.388. The second kappa shape index (κ2) is 9.77. The predicted molar refractivity (Wildman–Crippen MR) is 120 cm³/mol. The molecular formula is C19H16ClN5O5S2. The van der Waals surface area contributed by atoms with Crippen molar-refractivity contribution < 1.29 is 22.8 Å². The molecule has 1 aromatic heterocycles. The Hall–Kier alpha value is -3.48. The van der Waals surface area contributed by atoms with E-state index in [1.54, 1.807) is 12.1 Å². The molecule has 0 aliphatic carbocycles. The summed E-state index contributed by atoms with van der Waals surface area (Å²) in [7, 11) is -4.02. The molecule has 0 aliphatic rings. The van der Waals surface area contributed by atoms with Crippen molar-refractivity contribution in [3.8, 4) is 0 Å². The van der Waals surface area contributed by atoms with E-state index in [9.17, 15) is 22.8 Å². The molecule has 166 valence electrons. The standard InChI is InChI=1S/C19H16ClN5O5S2/c1-11(26)21-19-22-16(10-31-19)18(28)24-23-17(27)12-5-4-6-13(9-12)32(29,30)25-15-8-3-2-7-14(15)20/h2-10,25H,1H3,(H,23,27)(H,24,28)(H,21,22,26). The van der Waals surface area contributed by atoms with E-state index in [4.69, 9.17) is 11.6 Å². The van der Waals surface area contributed by atoms with Crippen molar-refractivity contribution >= 4 is 61.5 Å². The van der Waals surface area contributed by atoms with Crippen LogP contribution in [0.3, 0.4) is 0 Å². The van der Waals surface area contributed by atoms with E-state index in [2.05, 4.69) is 25.9 Å². The number of anilines is 2. The number of para-hydroxylation sites is 1. The minimum Gasteiger partial charge on any atom is -0.302 e. The zero-order valence-corrected chi connectivity index (χ0v) is 18.8. The molecule has 3 aromatic rings. The molecule has 13 heteroatoms. The topological polar surface area (TPSA) is 146 Å². The number of rotatable bonds is 6. The van der Waals surface area contributed by atoms with Crippen molar-refractivity contribution in [1.82, 2.24) is 15.8 Å². The van der Waals surface area contributed by atoms with Crippen LogP contribution in [0.25, 0.3) is 0 Å². The van der Waals surface area contributed by atoms with E-state index in [-0.39, 0.29) is 37.9 Å². The molecule has 0 saturated carbocycles. The molecule has 0 aliphatic heterocycles. The van der Waals surface area contributed by atoms with Crippen molar-refractivity contribution in [1.29, 1.82) is 0 Å². The summed E-state index contributed by atoms with van der Waals surface area (Å²) in [5.74, 6) is -1.79. The minimum absolute atomic E-state index is 0.00968. The lowest BCUT2D eigenvalue weighted by Crippen LogP contribution is -2.41. The second-order valence-electron chi connectivity index (χ2n) is 6.24. The van der Waals surface area contributed by atoms with Crippen LogP contribution in [0.15, 0.2) is 58.8 Å². The van der Waals surface area contributed by atoms with Gasteiger partial charge in [0.25, 0.3) is 21.8 Å². The maximum Gasteiger partial charge on any atom is 0.289 e. The summed E-state index contributed by atoms with van der Waals surface area (Å²) < 4.78 is 27.7. The number of sulfonamides is 1. The van der Waals surface area contributed by atoms with Crippen LogP contribution >= 0.6 is 22.9 Å². The van der Waals surface area contributed by atoms with E-state index in [0.717, 1.165) is 17.4 Å². The van der Waals surface area contributed by atoms with Crippen molar-refractivity contribution in [3.63, 3.8) is 0 Å². The Bertz CT molecular complexity index is 1290. The molecule has 4 N–H and O–H groups in total. The molecule has 2 aromatic carbocycles. The van der Waals surface area contributed by atoms with Gasteiger partial charge in [0.1, 0.15) is 5.69 Å². The number of hydrazine groups is 1. The molecule has 0 fully saturated rings. The van der Waals surface area contributed by atoms with E-state index in [1.165, 1.54) is 42.6 Å². The number of amides is 3. The highest BCUT2D eigenvalue weighted by molar-refractivity contribution is 7.92. The summed E-state index contributed by atoms with van der Waals surface area (Å²) in [5.41, 5.74) is 4.54. The summed E-state index contributed by atoms with van der Waals surface area (Å²) in [4.78, 5) is 39.3. The molecule has 10 nitrogen and oxygen atoms in total. The largest absolute Gasteiger partial charge is 0.302 e. The number of carbonyl (C=O) groups is 3. The van der Waals surface area contributed by atoms with Crippen LogP contribution in [0, 0.1) is 0 Å². The number of hydrogen-bond donors (Lipinski definition) is 4. The van der Waals surface area contributed by atoms with E-state index < -0.39 is 21.8 Å². The highest BCUT2D eigenvalue weighted by Crippen LogP contribution is 2.24. The van der Waals surface area contributed by atoms with Gasteiger partial charge in [-0.05, 0) is 30.3 Å². The Balaban J connectivity index is 1.67. The van der Waals surface area contributed by atoms with Crippen LogP contribution < -0.4 is 20.9 Å².